The van der Waals surface area contributed by atoms with Gasteiger partial charge in [0.05, 0.1) is 16.5 Å². The van der Waals surface area contributed by atoms with Crippen LogP contribution in [0.3, 0.4) is 0 Å². The molecule has 15 heteroatoms. The second-order valence-corrected chi connectivity index (χ2v) is 17.6. The van der Waals surface area contributed by atoms with E-state index in [2.05, 4.69) is 26.6 Å². The van der Waals surface area contributed by atoms with E-state index in [0.717, 1.165) is 36.0 Å². The van der Waals surface area contributed by atoms with Crippen molar-refractivity contribution >= 4 is 64.1 Å². The Balaban J connectivity index is 0.888. The minimum Gasteiger partial charge on any atom is -0.373 e. The van der Waals surface area contributed by atoms with Gasteiger partial charge >= 0.3 is 0 Å². The molecule has 5 amide bonds. The third-order valence-electron chi connectivity index (χ3n) is 13.5. The fourth-order valence-electron chi connectivity index (χ4n) is 10.8. The van der Waals surface area contributed by atoms with Gasteiger partial charge < -0.3 is 26.0 Å². The number of fused-ring (bicyclic) bond motifs is 4. The van der Waals surface area contributed by atoms with Crippen molar-refractivity contribution in [2.75, 3.05) is 17.2 Å². The molecule has 12 nitrogen and oxygen atoms in total. The molecule has 2 unspecified atom stereocenters. The van der Waals surface area contributed by atoms with E-state index in [4.69, 9.17) is 23.2 Å². The Bertz CT molecular complexity index is 2460. The molecule has 3 fully saturated rings. The third-order valence-corrected chi connectivity index (χ3v) is 14.0. The van der Waals surface area contributed by atoms with Crippen LogP contribution in [-0.2, 0) is 32.8 Å². The van der Waals surface area contributed by atoms with E-state index >= 15 is 4.39 Å². The van der Waals surface area contributed by atoms with Crippen LogP contribution in [0.4, 0.5) is 15.8 Å². The molecule has 5 atom stereocenters. The number of aliphatic hydroxyl groups excluding tert-OH is 1. The molecule has 4 aromatic carbocycles. The number of nitrogens with zero attached hydrogens (tertiary/aromatic N) is 1. The lowest BCUT2D eigenvalue weighted by Crippen LogP contribution is -2.61. The summed E-state index contributed by atoms with van der Waals surface area (Å²) in [7, 11) is 0. The number of rotatable bonds is 9. The molecule has 4 aliphatic heterocycles. The van der Waals surface area contributed by atoms with Crippen LogP contribution in [-0.4, -0.2) is 69.9 Å². The molecular weight excluding hydrogens is 822 g/mol. The number of piperidine rings is 1. The van der Waals surface area contributed by atoms with E-state index in [1.54, 1.807) is 54.6 Å². The van der Waals surface area contributed by atoms with Crippen LogP contribution >= 0.6 is 23.2 Å². The number of aryl methyl sites for hydroxylation is 1. The highest BCUT2D eigenvalue weighted by molar-refractivity contribution is 6.31. The molecule has 0 radical (unpaired) electrons. The summed E-state index contributed by atoms with van der Waals surface area (Å²) >= 11 is 12.8. The van der Waals surface area contributed by atoms with Gasteiger partial charge in [-0.05, 0) is 103 Å². The number of anilines is 2. The molecule has 0 aromatic heterocycles. The highest BCUT2D eigenvalue weighted by Crippen LogP contribution is 2.64. The largest absolute Gasteiger partial charge is 0.373 e. The molecule has 4 heterocycles. The lowest BCUT2D eigenvalue weighted by molar-refractivity contribution is -0.137. The number of hydrogen-bond acceptors (Lipinski definition) is 8. The average Bonchev–Trinajstić information content (AvgIpc) is 3.84. The van der Waals surface area contributed by atoms with Crippen LogP contribution in [0.25, 0.3) is 0 Å². The van der Waals surface area contributed by atoms with Crippen LogP contribution in [0.5, 0.6) is 0 Å². The maximum Gasteiger partial charge on any atom is 0.255 e. The second-order valence-electron chi connectivity index (χ2n) is 16.8. The molecule has 0 bridgehead atoms. The van der Waals surface area contributed by atoms with E-state index in [0.29, 0.717) is 66.2 Å². The SMILES string of the molecule is O=C1CCC(N2Cc3c(CCCNC(=O)c4ccc(NC(=O)[C@@H]5NC6(CCCCC6)[C@]6(c7ccc(Cl)cc7NC6O)[C@H]5c5cccc(Cl)c5F)cc4)cccc3C2=O)C(=O)N1. The number of nitrogens with one attached hydrogen (secondary N) is 5. The summed E-state index contributed by atoms with van der Waals surface area (Å²) in [6.07, 6.45) is 4.48. The molecule has 1 aliphatic carbocycles. The molecule has 1 saturated carbocycles. The van der Waals surface area contributed by atoms with Gasteiger partial charge in [-0.3, -0.25) is 34.6 Å². The smallest absolute Gasteiger partial charge is 0.255 e. The zero-order valence-electron chi connectivity index (χ0n) is 33.2. The number of amides is 5. The molecule has 316 valence electrons. The van der Waals surface area contributed by atoms with Gasteiger partial charge in [0.25, 0.3) is 11.8 Å². The predicted octanol–water partition coefficient (Wildman–Crippen LogP) is 6.34. The summed E-state index contributed by atoms with van der Waals surface area (Å²) in [4.78, 5) is 66.7. The van der Waals surface area contributed by atoms with E-state index in [9.17, 15) is 29.1 Å². The molecule has 5 aliphatic rings. The van der Waals surface area contributed by atoms with E-state index in [1.807, 2.05) is 18.2 Å². The first kappa shape index (κ1) is 41.0. The molecule has 2 saturated heterocycles. The Morgan fingerprint density at radius 2 is 1.72 bits per heavy atom. The normalized spacial score (nSPS) is 25.0. The van der Waals surface area contributed by atoms with Crippen LogP contribution in [0.1, 0.15) is 100 Å². The fourth-order valence-corrected chi connectivity index (χ4v) is 11.2. The van der Waals surface area contributed by atoms with Gasteiger partial charge in [-0.15, -0.1) is 0 Å². The standard InChI is InChI=1S/C46H45Cl2FN6O6/c47-27-14-17-32-34(23-27)52-44(61)46(32)37(30-10-5-11-33(48)38(30)49)39(54-45(46)20-2-1-3-21-45)42(59)51-28-15-12-26(13-16-28)40(57)50-22-6-8-25-7-4-9-29-31(25)24-55(43(29)60)35-18-19-36(56)53-41(35)58/h4-5,7,9-17,23,35,37,39,44,52,54,61H,1-3,6,8,18-22,24H2,(H,50,57)(H,51,59)(H,53,56,58)/t35?,37-,39+,44?,46+/m0/s1. The van der Waals surface area contributed by atoms with Gasteiger partial charge in [-0.2, -0.15) is 0 Å². The number of carbonyl (C=O) groups excluding carboxylic acids is 5. The van der Waals surface area contributed by atoms with Crippen molar-refractivity contribution in [2.45, 2.75) is 99.5 Å². The average molecular weight is 868 g/mol. The molecule has 61 heavy (non-hydrogen) atoms. The Kier molecular flexibility index (Phi) is 10.9. The molecule has 2 spiro atoms. The molecular formula is C46H45Cl2FN6O6. The number of imide groups is 1. The van der Waals surface area contributed by atoms with Gasteiger partial charge in [0.15, 0.2) is 0 Å². The van der Waals surface area contributed by atoms with E-state index in [1.165, 1.54) is 11.0 Å². The Morgan fingerprint density at radius 1 is 0.951 bits per heavy atom. The maximum atomic E-state index is 16.3. The number of halogens is 3. The first-order chi connectivity index (χ1) is 29.4. The lowest BCUT2D eigenvalue weighted by atomic mass is 9.55. The highest BCUT2D eigenvalue weighted by Gasteiger charge is 2.71. The van der Waals surface area contributed by atoms with Crippen LogP contribution in [0.2, 0.25) is 10.0 Å². The number of carbonyl (C=O) groups is 5. The number of benzene rings is 4. The van der Waals surface area contributed by atoms with Crippen LogP contribution in [0.15, 0.2) is 78.9 Å². The van der Waals surface area contributed by atoms with Crippen molar-refractivity contribution in [1.29, 1.82) is 0 Å². The summed E-state index contributed by atoms with van der Waals surface area (Å²) in [5.74, 6) is -3.28. The molecule has 6 N–H and O–H groups in total. The van der Waals surface area contributed by atoms with Gasteiger partial charge in [0.1, 0.15) is 18.1 Å². The Labute approximate surface area is 361 Å². The van der Waals surface area contributed by atoms with Gasteiger partial charge in [0, 0.05) is 58.5 Å². The van der Waals surface area contributed by atoms with Gasteiger partial charge in [-0.1, -0.05) is 72.8 Å². The second kappa shape index (κ2) is 16.2. The minimum absolute atomic E-state index is 0.0829. The van der Waals surface area contributed by atoms with E-state index in [-0.39, 0.29) is 41.3 Å². The van der Waals surface area contributed by atoms with Crippen molar-refractivity contribution in [3.63, 3.8) is 0 Å². The molecule has 9 rings (SSSR count). The molecule has 4 aromatic rings. The first-order valence-corrected chi connectivity index (χ1v) is 21.6. The maximum absolute atomic E-state index is 16.3. The Morgan fingerprint density at radius 3 is 2.49 bits per heavy atom. The van der Waals surface area contributed by atoms with Crippen LogP contribution < -0.4 is 26.6 Å². The van der Waals surface area contributed by atoms with Crippen molar-refractivity contribution in [1.82, 2.24) is 20.9 Å². The zero-order valence-corrected chi connectivity index (χ0v) is 34.7. The third kappa shape index (κ3) is 6.95. The number of aliphatic hydroxyl groups is 1. The Hall–Kier alpha value is -5.34. The lowest BCUT2D eigenvalue weighted by Gasteiger charge is -2.50. The summed E-state index contributed by atoms with van der Waals surface area (Å²) in [5.41, 5.74) is 2.84. The monoisotopic (exact) mass is 866 g/mol. The summed E-state index contributed by atoms with van der Waals surface area (Å²) in [6.45, 7) is 0.644. The fraction of sp³-hybridized carbons (Fsp3) is 0.370. The quantitative estimate of drug-likeness (QED) is 0.0838. The van der Waals surface area contributed by atoms with Crippen molar-refractivity contribution in [3.05, 3.63) is 128 Å². The summed E-state index contributed by atoms with van der Waals surface area (Å²) in [6, 6.07) is 20.5. The van der Waals surface area contributed by atoms with Crippen molar-refractivity contribution < 1.29 is 33.5 Å². The predicted molar refractivity (Wildman–Crippen MR) is 228 cm³/mol. The summed E-state index contributed by atoms with van der Waals surface area (Å²) in [5, 5.41) is 27.8. The highest BCUT2D eigenvalue weighted by atomic mass is 35.5. The number of hydrogen-bond donors (Lipinski definition) is 6. The summed E-state index contributed by atoms with van der Waals surface area (Å²) < 4.78 is 16.3. The minimum atomic E-state index is -1.18. The van der Waals surface area contributed by atoms with Gasteiger partial charge in [0.2, 0.25) is 17.7 Å². The van der Waals surface area contributed by atoms with Crippen LogP contribution in [0, 0.1) is 5.82 Å². The zero-order chi connectivity index (χ0) is 42.6. The van der Waals surface area contributed by atoms with Crippen molar-refractivity contribution in [2.24, 2.45) is 0 Å². The topological polar surface area (TPSA) is 169 Å². The van der Waals surface area contributed by atoms with Crippen molar-refractivity contribution in [3.8, 4) is 0 Å². The van der Waals surface area contributed by atoms with E-state index < -0.39 is 52.8 Å². The first-order valence-electron chi connectivity index (χ1n) is 20.8. The van der Waals surface area contributed by atoms with Gasteiger partial charge in [-0.25, -0.2) is 4.39 Å².